The van der Waals surface area contributed by atoms with Crippen LogP contribution < -0.4 is 0 Å². The van der Waals surface area contributed by atoms with E-state index in [9.17, 15) is 4.79 Å². The van der Waals surface area contributed by atoms with Gasteiger partial charge in [-0.25, -0.2) is 9.67 Å². The summed E-state index contributed by atoms with van der Waals surface area (Å²) in [4.78, 5) is 15.1. The third-order valence-corrected chi connectivity index (χ3v) is 4.13. The first-order chi connectivity index (χ1) is 9.63. The van der Waals surface area contributed by atoms with Crippen molar-refractivity contribution >= 4 is 17.7 Å². The lowest BCUT2D eigenvalue weighted by Crippen LogP contribution is -2.04. The molecule has 0 amide bonds. The fourth-order valence-electron chi connectivity index (χ4n) is 2.00. The minimum absolute atomic E-state index is 0.0294. The molecule has 1 saturated carbocycles. The van der Waals surface area contributed by atoms with Crippen LogP contribution in [0.3, 0.4) is 0 Å². The van der Waals surface area contributed by atoms with Gasteiger partial charge in [0.15, 0.2) is 5.82 Å². The molecule has 1 N–H and O–H groups in total. The first kappa shape index (κ1) is 13.2. The zero-order valence-electron chi connectivity index (χ0n) is 11.1. The van der Waals surface area contributed by atoms with Gasteiger partial charge in [-0.15, -0.1) is 0 Å². The summed E-state index contributed by atoms with van der Waals surface area (Å²) in [6, 6.07) is 5.88. The predicted molar refractivity (Wildman–Crippen MR) is 76.4 cm³/mol. The molecule has 5 nitrogen and oxygen atoms in total. The van der Waals surface area contributed by atoms with Gasteiger partial charge in [-0.2, -0.15) is 5.10 Å². The lowest BCUT2D eigenvalue weighted by molar-refractivity contribution is -0.133. The quantitative estimate of drug-likeness (QED) is 0.857. The molecule has 1 aliphatic rings. The Kier molecular flexibility index (Phi) is 3.48. The molecule has 2 aromatic rings. The molecule has 20 heavy (non-hydrogen) atoms. The Balaban J connectivity index is 1.96. The maximum Gasteiger partial charge on any atom is 0.313 e. The van der Waals surface area contributed by atoms with Crippen LogP contribution >= 0.6 is 11.8 Å². The lowest BCUT2D eigenvalue weighted by Gasteiger charge is -2.05. The van der Waals surface area contributed by atoms with E-state index < -0.39 is 5.97 Å². The van der Waals surface area contributed by atoms with Gasteiger partial charge in [0.1, 0.15) is 5.03 Å². The zero-order valence-corrected chi connectivity index (χ0v) is 11.9. The minimum Gasteiger partial charge on any atom is -0.481 e. The van der Waals surface area contributed by atoms with Gasteiger partial charge in [-0.3, -0.25) is 4.79 Å². The molecule has 0 atom stereocenters. The number of carbonyl (C=O) groups is 1. The highest BCUT2D eigenvalue weighted by Crippen LogP contribution is 2.40. The van der Waals surface area contributed by atoms with E-state index in [4.69, 9.17) is 5.11 Å². The molecular weight excluding hydrogens is 274 g/mol. The normalized spacial score (nSPS) is 14.4. The fraction of sp³-hybridized carbons (Fsp3) is 0.357. The molecule has 104 valence electrons. The van der Waals surface area contributed by atoms with Crippen molar-refractivity contribution in [3.8, 4) is 5.82 Å². The van der Waals surface area contributed by atoms with Crippen molar-refractivity contribution in [2.45, 2.75) is 30.7 Å². The van der Waals surface area contributed by atoms with Crippen molar-refractivity contribution in [2.75, 3.05) is 5.75 Å². The molecule has 2 aromatic heterocycles. The van der Waals surface area contributed by atoms with Crippen molar-refractivity contribution in [3.05, 3.63) is 35.7 Å². The van der Waals surface area contributed by atoms with Gasteiger partial charge in [-0.1, -0.05) is 11.8 Å². The van der Waals surface area contributed by atoms with E-state index in [0.29, 0.717) is 5.92 Å². The zero-order chi connectivity index (χ0) is 14.1. The number of pyridine rings is 1. The highest BCUT2D eigenvalue weighted by molar-refractivity contribution is 7.99. The summed E-state index contributed by atoms with van der Waals surface area (Å²) in [6.45, 7) is 2.00. The van der Waals surface area contributed by atoms with Crippen LogP contribution in [0.25, 0.3) is 5.82 Å². The topological polar surface area (TPSA) is 68.0 Å². The fourth-order valence-corrected chi connectivity index (χ4v) is 2.73. The van der Waals surface area contributed by atoms with Crippen LogP contribution in [0, 0.1) is 6.92 Å². The number of carboxylic acid groups (broad SMARTS) is 1. The largest absolute Gasteiger partial charge is 0.481 e. The Bertz CT molecular complexity index is 650. The van der Waals surface area contributed by atoms with E-state index >= 15 is 0 Å². The standard InChI is InChI=1S/C14H15N3O2S/c1-9-4-5-15-12(6-9)17-13(20-8-14(18)19)7-11(16-17)10-2-3-10/h4-7,10H,2-3,8H2,1H3,(H,18,19). The van der Waals surface area contributed by atoms with Gasteiger partial charge in [0, 0.05) is 12.1 Å². The van der Waals surface area contributed by atoms with Gasteiger partial charge in [0.05, 0.1) is 11.4 Å². The SMILES string of the molecule is Cc1ccnc(-n2nc(C3CC3)cc2SCC(=O)O)c1. The maximum absolute atomic E-state index is 10.8. The van der Waals surface area contributed by atoms with Crippen LogP contribution in [0.2, 0.25) is 0 Å². The molecule has 0 spiro atoms. The molecule has 2 heterocycles. The van der Waals surface area contributed by atoms with E-state index in [0.717, 1.165) is 22.1 Å². The molecule has 0 saturated heterocycles. The van der Waals surface area contributed by atoms with Crippen molar-refractivity contribution in [1.29, 1.82) is 0 Å². The smallest absolute Gasteiger partial charge is 0.313 e. The van der Waals surface area contributed by atoms with Crippen LogP contribution in [0.5, 0.6) is 0 Å². The number of carboxylic acids is 1. The van der Waals surface area contributed by atoms with Gasteiger partial charge in [0.25, 0.3) is 0 Å². The first-order valence-electron chi connectivity index (χ1n) is 6.51. The van der Waals surface area contributed by atoms with Gasteiger partial charge in [-0.05, 0) is 43.5 Å². The lowest BCUT2D eigenvalue weighted by atomic mass is 10.3. The monoisotopic (exact) mass is 289 g/mol. The minimum atomic E-state index is -0.826. The summed E-state index contributed by atoms with van der Waals surface area (Å²) < 4.78 is 1.76. The number of aryl methyl sites for hydroxylation is 1. The third-order valence-electron chi connectivity index (χ3n) is 3.15. The second-order valence-corrected chi connectivity index (χ2v) is 5.96. The molecule has 6 heteroatoms. The number of hydrogen-bond donors (Lipinski definition) is 1. The predicted octanol–water partition coefficient (Wildman–Crippen LogP) is 2.63. The second kappa shape index (κ2) is 5.28. The third kappa shape index (κ3) is 2.85. The Labute approximate surface area is 121 Å². The molecule has 0 radical (unpaired) electrons. The number of aliphatic carboxylic acids is 1. The molecule has 0 aliphatic heterocycles. The van der Waals surface area contributed by atoms with E-state index in [1.54, 1.807) is 10.9 Å². The van der Waals surface area contributed by atoms with Crippen LogP contribution in [0.4, 0.5) is 0 Å². The molecule has 3 rings (SSSR count). The average molecular weight is 289 g/mol. The summed E-state index contributed by atoms with van der Waals surface area (Å²) in [7, 11) is 0. The number of hydrogen-bond acceptors (Lipinski definition) is 4. The number of thioether (sulfide) groups is 1. The van der Waals surface area contributed by atoms with Crippen LogP contribution in [0.1, 0.15) is 30.0 Å². The van der Waals surface area contributed by atoms with Crippen molar-refractivity contribution in [3.63, 3.8) is 0 Å². The van der Waals surface area contributed by atoms with Crippen molar-refractivity contribution < 1.29 is 9.90 Å². The Hall–Kier alpha value is -1.82. The van der Waals surface area contributed by atoms with Crippen LogP contribution in [-0.2, 0) is 4.79 Å². The number of rotatable bonds is 5. The van der Waals surface area contributed by atoms with E-state index in [1.807, 2.05) is 25.1 Å². The average Bonchev–Trinajstić information content (AvgIpc) is 3.17. The van der Waals surface area contributed by atoms with Crippen LogP contribution in [0.15, 0.2) is 29.4 Å². The molecule has 0 bridgehead atoms. The molecule has 1 aliphatic carbocycles. The Morgan fingerprint density at radius 1 is 1.50 bits per heavy atom. The second-order valence-electron chi connectivity index (χ2n) is 4.97. The summed E-state index contributed by atoms with van der Waals surface area (Å²) in [5.74, 6) is 0.477. The highest BCUT2D eigenvalue weighted by Gasteiger charge is 2.28. The van der Waals surface area contributed by atoms with Crippen LogP contribution in [-0.4, -0.2) is 31.6 Å². The van der Waals surface area contributed by atoms with E-state index in [2.05, 4.69) is 10.1 Å². The molecule has 0 aromatic carbocycles. The van der Waals surface area contributed by atoms with E-state index in [-0.39, 0.29) is 5.75 Å². The van der Waals surface area contributed by atoms with Gasteiger partial charge < -0.3 is 5.11 Å². The van der Waals surface area contributed by atoms with Crippen molar-refractivity contribution in [1.82, 2.24) is 14.8 Å². The van der Waals surface area contributed by atoms with E-state index in [1.165, 1.54) is 24.6 Å². The summed E-state index contributed by atoms with van der Waals surface area (Å²) in [6.07, 6.45) is 4.08. The first-order valence-corrected chi connectivity index (χ1v) is 7.49. The maximum atomic E-state index is 10.8. The van der Waals surface area contributed by atoms with Gasteiger partial charge >= 0.3 is 5.97 Å². The number of aromatic nitrogens is 3. The van der Waals surface area contributed by atoms with Crippen molar-refractivity contribution in [2.24, 2.45) is 0 Å². The number of nitrogens with zero attached hydrogens (tertiary/aromatic N) is 3. The molecule has 0 unspecified atom stereocenters. The summed E-state index contributed by atoms with van der Waals surface area (Å²) in [5, 5.41) is 14.3. The summed E-state index contributed by atoms with van der Waals surface area (Å²) in [5.41, 5.74) is 2.15. The molecular formula is C14H15N3O2S. The molecule has 1 fully saturated rings. The summed E-state index contributed by atoms with van der Waals surface area (Å²) >= 11 is 1.28. The van der Waals surface area contributed by atoms with Gasteiger partial charge in [0.2, 0.25) is 0 Å². The Morgan fingerprint density at radius 2 is 2.30 bits per heavy atom. The highest BCUT2D eigenvalue weighted by atomic mass is 32.2. The Morgan fingerprint density at radius 3 is 2.95 bits per heavy atom.